The second-order valence-electron chi connectivity index (χ2n) is 7.38. The monoisotopic (exact) mass is 379 g/mol. The summed E-state index contributed by atoms with van der Waals surface area (Å²) in [6.07, 6.45) is 15.1. The molecule has 0 saturated carbocycles. The maximum atomic E-state index is 4.64. The lowest BCUT2D eigenvalue weighted by atomic mass is 10.0. The van der Waals surface area contributed by atoms with E-state index >= 15 is 0 Å². The third-order valence-electron chi connectivity index (χ3n) is 5.15. The molecule has 0 heterocycles. The molecule has 144 valence electrons. The van der Waals surface area contributed by atoms with E-state index in [4.69, 9.17) is 0 Å². The van der Waals surface area contributed by atoms with Crippen LogP contribution in [0.1, 0.15) is 76.7 Å². The molecule has 0 aliphatic rings. The number of rotatable bonds is 13. The predicted octanol–water partition coefficient (Wildman–Crippen LogP) is 8.55. The van der Waals surface area contributed by atoms with Gasteiger partial charge in [-0.3, -0.25) is 0 Å². The molecule has 0 atom stereocenters. The number of thiocarbonyl (C=S) groups is 1. The molecule has 1 nitrogen and oxygen atoms in total. The summed E-state index contributed by atoms with van der Waals surface area (Å²) in [5.74, 6) is 0. The van der Waals surface area contributed by atoms with Crippen molar-refractivity contribution in [3.8, 4) is 11.1 Å². The third-order valence-corrected chi connectivity index (χ3v) is 5.24. The summed E-state index contributed by atoms with van der Waals surface area (Å²) in [5.41, 5.74) is 4.76. The van der Waals surface area contributed by atoms with E-state index in [0.29, 0.717) is 0 Å². The highest BCUT2D eigenvalue weighted by atomic mass is 32.1. The van der Waals surface area contributed by atoms with E-state index in [9.17, 15) is 0 Å². The summed E-state index contributed by atoms with van der Waals surface area (Å²) in [6.45, 7) is 2.28. The SMILES string of the molecule is CCCCCCCCCCCCc1ccc(-c2ccc(N=C=S)cc2)cc1. The summed E-state index contributed by atoms with van der Waals surface area (Å²) in [6, 6.07) is 17.1. The van der Waals surface area contributed by atoms with Crippen LogP contribution in [0, 0.1) is 0 Å². The van der Waals surface area contributed by atoms with Crippen molar-refractivity contribution in [2.75, 3.05) is 0 Å². The molecule has 0 amide bonds. The van der Waals surface area contributed by atoms with Crippen molar-refractivity contribution in [2.45, 2.75) is 77.6 Å². The number of hydrogen-bond acceptors (Lipinski definition) is 2. The molecular formula is C25H33NS. The van der Waals surface area contributed by atoms with Crippen LogP contribution >= 0.6 is 12.2 Å². The quantitative estimate of drug-likeness (QED) is 0.193. The molecule has 2 rings (SSSR count). The molecule has 2 aromatic rings. The molecule has 0 aliphatic heterocycles. The van der Waals surface area contributed by atoms with Crippen molar-refractivity contribution in [1.82, 2.24) is 0 Å². The second kappa shape index (κ2) is 13.4. The van der Waals surface area contributed by atoms with Crippen LogP contribution in [0.5, 0.6) is 0 Å². The molecule has 27 heavy (non-hydrogen) atoms. The zero-order valence-corrected chi connectivity index (χ0v) is 17.6. The number of aliphatic imine (C=N–C) groups is 1. The highest BCUT2D eigenvalue weighted by Crippen LogP contribution is 2.23. The van der Waals surface area contributed by atoms with Gasteiger partial charge in [0, 0.05) is 0 Å². The van der Waals surface area contributed by atoms with Crippen LogP contribution in [-0.2, 0) is 6.42 Å². The number of unbranched alkanes of at least 4 members (excludes halogenated alkanes) is 9. The minimum absolute atomic E-state index is 0.853. The molecule has 0 fully saturated rings. The lowest BCUT2D eigenvalue weighted by Gasteiger charge is -2.06. The van der Waals surface area contributed by atoms with Crippen LogP contribution < -0.4 is 0 Å². The molecule has 2 aromatic carbocycles. The van der Waals surface area contributed by atoms with Gasteiger partial charge in [-0.15, -0.1) is 0 Å². The summed E-state index contributed by atoms with van der Waals surface area (Å²) in [5, 5.41) is 2.40. The standard InChI is InChI=1S/C25H33NS/c1-2-3-4-5-6-7-8-9-10-11-12-22-13-15-23(16-14-22)24-17-19-25(20-18-24)26-21-27/h13-20H,2-12H2,1H3. The van der Waals surface area contributed by atoms with Crippen LogP contribution in [-0.4, -0.2) is 5.16 Å². The van der Waals surface area contributed by atoms with Gasteiger partial charge < -0.3 is 0 Å². The van der Waals surface area contributed by atoms with Gasteiger partial charge in [0.05, 0.1) is 10.8 Å². The Labute approximate surface area is 170 Å². The molecule has 0 N–H and O–H groups in total. The summed E-state index contributed by atoms with van der Waals surface area (Å²) < 4.78 is 0. The molecule has 0 aromatic heterocycles. The van der Waals surface area contributed by atoms with E-state index in [1.807, 2.05) is 12.1 Å². The van der Waals surface area contributed by atoms with E-state index in [2.05, 4.69) is 65.7 Å². The van der Waals surface area contributed by atoms with E-state index in [-0.39, 0.29) is 0 Å². The smallest absolute Gasteiger partial charge is 0.0739 e. The molecule has 0 radical (unpaired) electrons. The Kier molecular flexibility index (Phi) is 10.7. The van der Waals surface area contributed by atoms with Crippen molar-refractivity contribution in [2.24, 2.45) is 4.99 Å². The van der Waals surface area contributed by atoms with Gasteiger partial charge in [0.1, 0.15) is 0 Å². The number of isothiocyanates is 1. The summed E-state index contributed by atoms with van der Waals surface area (Å²) >= 11 is 4.64. The Morgan fingerprint density at radius 2 is 1.15 bits per heavy atom. The molecule has 0 unspecified atom stereocenters. The number of aryl methyl sites for hydroxylation is 1. The normalized spacial score (nSPS) is 10.6. The molecule has 0 spiro atoms. The number of benzene rings is 2. The molecule has 0 saturated heterocycles. The second-order valence-corrected chi connectivity index (χ2v) is 7.56. The molecule has 0 aliphatic carbocycles. The zero-order valence-electron chi connectivity index (χ0n) is 16.8. The van der Waals surface area contributed by atoms with E-state index in [0.717, 1.165) is 5.69 Å². The van der Waals surface area contributed by atoms with Crippen LogP contribution in [0.15, 0.2) is 53.5 Å². The summed E-state index contributed by atoms with van der Waals surface area (Å²) in [4.78, 5) is 4.00. The van der Waals surface area contributed by atoms with Gasteiger partial charge in [0.2, 0.25) is 0 Å². The van der Waals surface area contributed by atoms with Crippen LogP contribution in [0.2, 0.25) is 0 Å². The van der Waals surface area contributed by atoms with Gasteiger partial charge in [-0.1, -0.05) is 101 Å². The van der Waals surface area contributed by atoms with Gasteiger partial charge in [-0.25, -0.2) is 0 Å². The molecular weight excluding hydrogens is 346 g/mol. The summed E-state index contributed by atoms with van der Waals surface area (Å²) in [7, 11) is 0. The first kappa shape index (κ1) is 21.5. The van der Waals surface area contributed by atoms with Crippen molar-refractivity contribution in [3.63, 3.8) is 0 Å². The fourth-order valence-corrected chi connectivity index (χ4v) is 3.57. The average molecular weight is 380 g/mol. The Hall–Kier alpha value is -1.76. The minimum atomic E-state index is 0.853. The molecule has 0 bridgehead atoms. The lowest BCUT2D eigenvalue weighted by molar-refractivity contribution is 0.556. The van der Waals surface area contributed by atoms with E-state index in [1.165, 1.54) is 87.3 Å². The van der Waals surface area contributed by atoms with Crippen LogP contribution in [0.4, 0.5) is 5.69 Å². The Morgan fingerprint density at radius 3 is 1.67 bits per heavy atom. The topological polar surface area (TPSA) is 12.4 Å². The zero-order chi connectivity index (χ0) is 19.2. The van der Waals surface area contributed by atoms with Crippen LogP contribution in [0.25, 0.3) is 11.1 Å². The van der Waals surface area contributed by atoms with Crippen LogP contribution in [0.3, 0.4) is 0 Å². The fourth-order valence-electron chi connectivity index (χ4n) is 3.46. The van der Waals surface area contributed by atoms with E-state index in [1.54, 1.807) is 0 Å². The Balaban J connectivity index is 1.63. The first-order valence-electron chi connectivity index (χ1n) is 10.6. The van der Waals surface area contributed by atoms with E-state index < -0.39 is 0 Å². The highest BCUT2D eigenvalue weighted by molar-refractivity contribution is 7.78. The van der Waals surface area contributed by atoms with Crippen molar-refractivity contribution < 1.29 is 0 Å². The lowest BCUT2D eigenvalue weighted by Crippen LogP contribution is -1.87. The number of hydrogen-bond donors (Lipinski definition) is 0. The predicted molar refractivity (Wildman–Crippen MR) is 122 cm³/mol. The van der Waals surface area contributed by atoms with Gasteiger partial charge in [-0.05, 0) is 53.9 Å². The Bertz CT molecular complexity index is 681. The van der Waals surface area contributed by atoms with Gasteiger partial charge >= 0.3 is 0 Å². The average Bonchev–Trinajstić information content (AvgIpc) is 2.71. The first-order valence-corrected chi connectivity index (χ1v) is 11.0. The van der Waals surface area contributed by atoms with Gasteiger partial charge in [0.15, 0.2) is 0 Å². The highest BCUT2D eigenvalue weighted by Gasteiger charge is 2.00. The maximum Gasteiger partial charge on any atom is 0.0739 e. The van der Waals surface area contributed by atoms with Crippen molar-refractivity contribution >= 4 is 23.1 Å². The van der Waals surface area contributed by atoms with Crippen molar-refractivity contribution in [1.29, 1.82) is 0 Å². The van der Waals surface area contributed by atoms with Crippen molar-refractivity contribution in [3.05, 3.63) is 54.1 Å². The van der Waals surface area contributed by atoms with Gasteiger partial charge in [0.25, 0.3) is 0 Å². The molecule has 2 heteroatoms. The Morgan fingerprint density at radius 1 is 0.667 bits per heavy atom. The van der Waals surface area contributed by atoms with Gasteiger partial charge in [-0.2, -0.15) is 4.99 Å². The maximum absolute atomic E-state index is 4.64. The minimum Gasteiger partial charge on any atom is -0.195 e. The first-order chi connectivity index (χ1) is 13.3. The largest absolute Gasteiger partial charge is 0.195 e. The third kappa shape index (κ3) is 8.65. The number of nitrogens with zero attached hydrogens (tertiary/aromatic N) is 1. The fraction of sp³-hybridized carbons (Fsp3) is 0.480.